The van der Waals surface area contributed by atoms with E-state index in [-0.39, 0.29) is 0 Å². The molecule has 1 heterocycles. The number of aryl methyl sites for hydroxylation is 1. The summed E-state index contributed by atoms with van der Waals surface area (Å²) in [6.45, 7) is 1.92. The lowest BCUT2D eigenvalue weighted by atomic mass is 10.1. The number of hydrogen-bond donors (Lipinski definition) is 0. The Kier molecular flexibility index (Phi) is 3.32. The summed E-state index contributed by atoms with van der Waals surface area (Å²) in [5.74, 6) is 0. The Bertz CT molecular complexity index is 523. The summed E-state index contributed by atoms with van der Waals surface area (Å²) in [6.07, 6.45) is -4.29. The Labute approximate surface area is 109 Å². The van der Waals surface area contributed by atoms with Crippen molar-refractivity contribution in [2.45, 2.75) is 13.1 Å². The number of thiophene rings is 1. The molecule has 0 bridgehead atoms. The van der Waals surface area contributed by atoms with Crippen LogP contribution in [-0.4, -0.2) is 0 Å². The Morgan fingerprint density at radius 3 is 2.41 bits per heavy atom. The molecule has 90 valence electrons. The third kappa shape index (κ3) is 2.72. The maximum absolute atomic E-state index is 12.6. The first-order valence-electron chi connectivity index (χ1n) is 4.81. The maximum Gasteiger partial charge on any atom is 0.416 e. The molecule has 0 spiro atoms. The van der Waals surface area contributed by atoms with Crippen LogP contribution in [0.15, 0.2) is 34.8 Å². The fourth-order valence-corrected chi connectivity index (χ4v) is 2.98. The lowest BCUT2D eigenvalue weighted by Crippen LogP contribution is -2.04. The van der Waals surface area contributed by atoms with Gasteiger partial charge in [0.15, 0.2) is 0 Å². The Balaban J connectivity index is 2.47. The number of alkyl halides is 3. The molecule has 0 fully saturated rings. The van der Waals surface area contributed by atoms with E-state index in [2.05, 4.69) is 15.9 Å². The molecule has 1 aromatic carbocycles. The predicted octanol–water partition coefficient (Wildman–Crippen LogP) is 5.50. The largest absolute Gasteiger partial charge is 0.416 e. The summed E-state index contributed by atoms with van der Waals surface area (Å²) in [4.78, 5) is 1.89. The second-order valence-corrected chi connectivity index (χ2v) is 5.70. The van der Waals surface area contributed by atoms with Gasteiger partial charge in [-0.3, -0.25) is 0 Å². The molecular weight excluding hydrogens is 313 g/mol. The van der Waals surface area contributed by atoms with Crippen molar-refractivity contribution < 1.29 is 13.2 Å². The summed E-state index contributed by atoms with van der Waals surface area (Å²) >= 11 is 4.83. The first-order chi connectivity index (χ1) is 7.88. The van der Waals surface area contributed by atoms with Crippen molar-refractivity contribution in [2.75, 3.05) is 0 Å². The van der Waals surface area contributed by atoms with E-state index in [0.29, 0.717) is 5.56 Å². The van der Waals surface area contributed by atoms with Gasteiger partial charge in [0.25, 0.3) is 0 Å². The van der Waals surface area contributed by atoms with Gasteiger partial charge in [0.05, 0.1) is 5.56 Å². The minimum Gasteiger partial charge on any atom is -0.166 e. The highest BCUT2D eigenvalue weighted by atomic mass is 79.9. The maximum atomic E-state index is 12.6. The molecule has 0 aliphatic carbocycles. The van der Waals surface area contributed by atoms with E-state index in [9.17, 15) is 13.2 Å². The molecular formula is C12H8BrF3S. The van der Waals surface area contributed by atoms with Crippen LogP contribution in [0.2, 0.25) is 0 Å². The normalized spacial score (nSPS) is 11.8. The molecule has 0 aliphatic rings. The van der Waals surface area contributed by atoms with Crippen LogP contribution in [0.3, 0.4) is 0 Å². The minimum absolute atomic E-state index is 0.596. The average Bonchev–Trinajstić information content (AvgIpc) is 2.58. The summed E-state index contributed by atoms with van der Waals surface area (Å²) in [5.41, 5.74) is -0.0178. The van der Waals surface area contributed by atoms with E-state index in [4.69, 9.17) is 0 Å². The van der Waals surface area contributed by atoms with Crippen molar-refractivity contribution in [3.8, 4) is 10.4 Å². The standard InChI is InChI=1S/C12H8BrF3S/c1-7-10(13)6-11(17-7)8-3-2-4-9(5-8)12(14,15)16/h2-6H,1H3. The predicted molar refractivity (Wildman–Crippen MR) is 67.2 cm³/mol. The van der Waals surface area contributed by atoms with Crippen LogP contribution in [0, 0.1) is 6.92 Å². The van der Waals surface area contributed by atoms with Gasteiger partial charge in [0.2, 0.25) is 0 Å². The molecule has 0 nitrogen and oxygen atoms in total. The number of benzene rings is 1. The molecule has 0 saturated carbocycles. The van der Waals surface area contributed by atoms with Crippen molar-refractivity contribution in [2.24, 2.45) is 0 Å². The van der Waals surface area contributed by atoms with Crippen LogP contribution in [0.25, 0.3) is 10.4 Å². The first-order valence-corrected chi connectivity index (χ1v) is 6.42. The number of rotatable bonds is 1. The molecule has 5 heteroatoms. The van der Waals surface area contributed by atoms with Crippen molar-refractivity contribution >= 4 is 27.3 Å². The Hall–Kier alpha value is -0.810. The summed E-state index contributed by atoms with van der Waals surface area (Å²) in [5, 5.41) is 0. The monoisotopic (exact) mass is 320 g/mol. The molecule has 0 amide bonds. The smallest absolute Gasteiger partial charge is 0.166 e. The summed E-state index contributed by atoms with van der Waals surface area (Å²) < 4.78 is 38.6. The molecule has 2 aromatic rings. The van der Waals surface area contributed by atoms with E-state index in [0.717, 1.165) is 20.3 Å². The van der Waals surface area contributed by atoms with Gasteiger partial charge in [0.1, 0.15) is 0 Å². The lowest BCUT2D eigenvalue weighted by Gasteiger charge is -2.07. The molecule has 1 aromatic heterocycles. The van der Waals surface area contributed by atoms with Gasteiger partial charge < -0.3 is 0 Å². The highest BCUT2D eigenvalue weighted by molar-refractivity contribution is 9.10. The zero-order chi connectivity index (χ0) is 12.6. The molecule has 2 rings (SSSR count). The van der Waals surface area contributed by atoms with Gasteiger partial charge in [-0.25, -0.2) is 0 Å². The zero-order valence-corrected chi connectivity index (χ0v) is 11.2. The second kappa shape index (κ2) is 4.46. The highest BCUT2D eigenvalue weighted by Gasteiger charge is 2.30. The first kappa shape index (κ1) is 12.6. The third-order valence-corrected chi connectivity index (χ3v) is 4.52. The highest BCUT2D eigenvalue weighted by Crippen LogP contribution is 2.37. The van der Waals surface area contributed by atoms with E-state index in [1.165, 1.54) is 23.5 Å². The molecule has 17 heavy (non-hydrogen) atoms. The summed E-state index contributed by atoms with van der Waals surface area (Å²) in [7, 11) is 0. The van der Waals surface area contributed by atoms with E-state index in [1.54, 1.807) is 6.07 Å². The van der Waals surface area contributed by atoms with E-state index < -0.39 is 11.7 Å². The van der Waals surface area contributed by atoms with Crippen LogP contribution in [0.1, 0.15) is 10.4 Å². The van der Waals surface area contributed by atoms with Crippen molar-refractivity contribution in [1.29, 1.82) is 0 Å². The van der Waals surface area contributed by atoms with Crippen molar-refractivity contribution in [3.63, 3.8) is 0 Å². The summed E-state index contributed by atoms with van der Waals surface area (Å²) in [6, 6.07) is 7.22. The van der Waals surface area contributed by atoms with Gasteiger partial charge in [-0.05, 0) is 46.6 Å². The van der Waals surface area contributed by atoms with Crippen LogP contribution in [0.4, 0.5) is 13.2 Å². The van der Waals surface area contributed by atoms with E-state index in [1.807, 2.05) is 13.0 Å². The molecule has 0 aliphatic heterocycles. The Morgan fingerprint density at radius 1 is 1.18 bits per heavy atom. The fourth-order valence-electron chi connectivity index (χ4n) is 1.45. The van der Waals surface area contributed by atoms with Gasteiger partial charge >= 0.3 is 6.18 Å². The van der Waals surface area contributed by atoms with Gasteiger partial charge in [-0.1, -0.05) is 12.1 Å². The second-order valence-electron chi connectivity index (χ2n) is 3.59. The average molecular weight is 321 g/mol. The minimum atomic E-state index is -4.29. The number of halogens is 4. The van der Waals surface area contributed by atoms with Gasteiger partial charge in [-0.15, -0.1) is 11.3 Å². The number of hydrogen-bond acceptors (Lipinski definition) is 1. The topological polar surface area (TPSA) is 0 Å². The fraction of sp³-hybridized carbons (Fsp3) is 0.167. The van der Waals surface area contributed by atoms with Crippen molar-refractivity contribution in [1.82, 2.24) is 0 Å². The molecule has 0 N–H and O–H groups in total. The van der Waals surface area contributed by atoms with E-state index >= 15 is 0 Å². The third-order valence-electron chi connectivity index (χ3n) is 2.33. The van der Waals surface area contributed by atoms with Crippen LogP contribution < -0.4 is 0 Å². The molecule has 0 unspecified atom stereocenters. The SMILES string of the molecule is Cc1sc(-c2cccc(C(F)(F)F)c2)cc1Br. The zero-order valence-electron chi connectivity index (χ0n) is 8.81. The Morgan fingerprint density at radius 2 is 1.88 bits per heavy atom. The van der Waals surface area contributed by atoms with Gasteiger partial charge in [0, 0.05) is 14.2 Å². The quantitative estimate of drug-likeness (QED) is 0.650. The molecule has 0 radical (unpaired) electrons. The lowest BCUT2D eigenvalue weighted by molar-refractivity contribution is -0.137. The van der Waals surface area contributed by atoms with Crippen LogP contribution in [0.5, 0.6) is 0 Å². The van der Waals surface area contributed by atoms with Crippen LogP contribution >= 0.6 is 27.3 Å². The molecule has 0 saturated heterocycles. The molecule has 0 atom stereocenters. The van der Waals surface area contributed by atoms with Crippen LogP contribution in [-0.2, 0) is 6.18 Å². The van der Waals surface area contributed by atoms with Gasteiger partial charge in [-0.2, -0.15) is 13.2 Å². The van der Waals surface area contributed by atoms with Crippen molar-refractivity contribution in [3.05, 3.63) is 45.2 Å².